The van der Waals surface area contributed by atoms with Crippen LogP contribution >= 0.6 is 15.9 Å². The van der Waals surface area contributed by atoms with Gasteiger partial charge in [-0.05, 0) is 70.2 Å². The molecule has 4 heteroatoms. The van der Waals surface area contributed by atoms with E-state index in [1.165, 1.54) is 0 Å². The molecule has 0 radical (unpaired) electrons. The molecular formula is C17H25BrN2O. The van der Waals surface area contributed by atoms with Crippen LogP contribution in [-0.2, 0) is 6.42 Å². The van der Waals surface area contributed by atoms with E-state index in [2.05, 4.69) is 28.1 Å². The Labute approximate surface area is 136 Å². The molecule has 0 fully saturated rings. The first-order valence-electron chi connectivity index (χ1n) is 7.42. The van der Waals surface area contributed by atoms with Crippen LogP contribution in [0.3, 0.4) is 0 Å². The van der Waals surface area contributed by atoms with E-state index in [4.69, 9.17) is 15.7 Å². The SMILES string of the molecule is CC(N)Cc1cc(Br)ccc1OCCCCC(C)(C)C#N. The fraction of sp³-hybridized carbons (Fsp3) is 0.588. The van der Waals surface area contributed by atoms with E-state index < -0.39 is 0 Å². The van der Waals surface area contributed by atoms with Gasteiger partial charge in [0, 0.05) is 10.5 Å². The summed E-state index contributed by atoms with van der Waals surface area (Å²) in [6.45, 7) is 6.62. The number of nitrogens with two attached hydrogens (primary N) is 1. The molecule has 0 saturated heterocycles. The van der Waals surface area contributed by atoms with Crippen molar-refractivity contribution in [2.24, 2.45) is 11.1 Å². The molecule has 1 unspecified atom stereocenters. The number of hydrogen-bond acceptors (Lipinski definition) is 3. The lowest BCUT2D eigenvalue weighted by Crippen LogP contribution is -2.18. The number of benzene rings is 1. The molecule has 2 N–H and O–H groups in total. The van der Waals surface area contributed by atoms with Crippen LogP contribution in [0.25, 0.3) is 0 Å². The Morgan fingerprint density at radius 3 is 2.71 bits per heavy atom. The molecule has 21 heavy (non-hydrogen) atoms. The molecule has 0 aliphatic heterocycles. The summed E-state index contributed by atoms with van der Waals surface area (Å²) in [5.74, 6) is 0.912. The van der Waals surface area contributed by atoms with Gasteiger partial charge in [0.1, 0.15) is 5.75 Å². The zero-order valence-corrected chi connectivity index (χ0v) is 14.7. The second kappa shape index (κ2) is 8.41. The van der Waals surface area contributed by atoms with Crippen LogP contribution in [0, 0.1) is 16.7 Å². The van der Waals surface area contributed by atoms with Gasteiger partial charge in [-0.25, -0.2) is 0 Å². The fourth-order valence-electron chi connectivity index (χ4n) is 2.10. The smallest absolute Gasteiger partial charge is 0.122 e. The Morgan fingerprint density at radius 1 is 1.38 bits per heavy atom. The predicted octanol–water partition coefficient (Wildman–Crippen LogP) is 4.44. The van der Waals surface area contributed by atoms with Gasteiger partial charge in [0.15, 0.2) is 0 Å². The molecule has 0 bridgehead atoms. The van der Waals surface area contributed by atoms with Crippen LogP contribution in [0.5, 0.6) is 5.75 Å². The van der Waals surface area contributed by atoms with Gasteiger partial charge < -0.3 is 10.5 Å². The molecule has 0 spiro atoms. The summed E-state index contributed by atoms with van der Waals surface area (Å²) in [5, 5.41) is 8.98. The zero-order chi connectivity index (χ0) is 15.9. The van der Waals surface area contributed by atoms with Crippen molar-refractivity contribution < 1.29 is 4.74 Å². The van der Waals surface area contributed by atoms with Gasteiger partial charge in [0.05, 0.1) is 18.1 Å². The summed E-state index contributed by atoms with van der Waals surface area (Å²) < 4.78 is 6.92. The molecule has 1 atom stereocenters. The highest BCUT2D eigenvalue weighted by Gasteiger charge is 2.15. The molecule has 3 nitrogen and oxygen atoms in total. The summed E-state index contributed by atoms with van der Waals surface area (Å²) >= 11 is 3.48. The topological polar surface area (TPSA) is 59.0 Å². The maximum Gasteiger partial charge on any atom is 0.122 e. The molecule has 1 aromatic rings. The summed E-state index contributed by atoms with van der Waals surface area (Å²) in [5.41, 5.74) is 6.78. The number of nitriles is 1. The van der Waals surface area contributed by atoms with Crippen molar-refractivity contribution >= 4 is 15.9 Å². The number of ether oxygens (including phenoxy) is 1. The first-order valence-corrected chi connectivity index (χ1v) is 8.21. The number of hydrogen-bond donors (Lipinski definition) is 1. The lowest BCUT2D eigenvalue weighted by Gasteiger charge is -2.16. The van der Waals surface area contributed by atoms with E-state index in [0.29, 0.717) is 6.61 Å². The monoisotopic (exact) mass is 352 g/mol. The molecule has 0 amide bonds. The molecule has 116 valence electrons. The minimum Gasteiger partial charge on any atom is -0.493 e. The van der Waals surface area contributed by atoms with Gasteiger partial charge >= 0.3 is 0 Å². The maximum absolute atomic E-state index is 8.98. The van der Waals surface area contributed by atoms with Crippen LogP contribution < -0.4 is 10.5 Å². The minimum atomic E-state index is -0.238. The van der Waals surface area contributed by atoms with Crippen molar-refractivity contribution in [2.75, 3.05) is 6.61 Å². The zero-order valence-electron chi connectivity index (χ0n) is 13.2. The quantitative estimate of drug-likeness (QED) is 0.703. The van der Waals surface area contributed by atoms with E-state index in [9.17, 15) is 0 Å². The average Bonchev–Trinajstić information content (AvgIpc) is 2.40. The Hall–Kier alpha value is -1.05. The lowest BCUT2D eigenvalue weighted by molar-refractivity contribution is 0.292. The highest BCUT2D eigenvalue weighted by atomic mass is 79.9. The standard InChI is InChI=1S/C17H25BrN2O/c1-13(20)10-14-11-15(18)6-7-16(14)21-9-5-4-8-17(2,3)12-19/h6-7,11,13H,4-5,8-10,20H2,1-3H3. The Balaban J connectivity index is 2.47. The Morgan fingerprint density at radius 2 is 2.10 bits per heavy atom. The number of halogens is 1. The second-order valence-electron chi connectivity index (χ2n) is 6.23. The molecule has 0 heterocycles. The highest BCUT2D eigenvalue weighted by Crippen LogP contribution is 2.25. The molecule has 1 rings (SSSR count). The van der Waals surface area contributed by atoms with Gasteiger partial charge in [-0.1, -0.05) is 15.9 Å². The van der Waals surface area contributed by atoms with Gasteiger partial charge in [-0.2, -0.15) is 5.26 Å². The number of unbranched alkanes of at least 4 members (excludes halogenated alkanes) is 1. The van der Waals surface area contributed by atoms with Crippen molar-refractivity contribution in [1.29, 1.82) is 5.26 Å². The van der Waals surface area contributed by atoms with Gasteiger partial charge in [0.25, 0.3) is 0 Å². The van der Waals surface area contributed by atoms with E-state index in [-0.39, 0.29) is 11.5 Å². The first-order chi connectivity index (χ1) is 9.84. The Bertz CT molecular complexity index is 492. The average molecular weight is 353 g/mol. The first kappa shape index (κ1) is 18.0. The molecular weight excluding hydrogens is 328 g/mol. The Kier molecular flexibility index (Phi) is 7.21. The van der Waals surface area contributed by atoms with Crippen LogP contribution in [0.1, 0.15) is 45.6 Å². The third kappa shape index (κ3) is 6.97. The summed E-state index contributed by atoms with van der Waals surface area (Å²) in [7, 11) is 0. The normalized spacial score (nSPS) is 12.8. The molecule has 1 aromatic carbocycles. The van der Waals surface area contributed by atoms with E-state index in [1.807, 2.05) is 32.9 Å². The molecule has 0 aliphatic rings. The van der Waals surface area contributed by atoms with Crippen LogP contribution in [0.15, 0.2) is 22.7 Å². The molecule has 0 aromatic heterocycles. The summed E-state index contributed by atoms with van der Waals surface area (Å²) in [6.07, 6.45) is 3.66. The van der Waals surface area contributed by atoms with E-state index >= 15 is 0 Å². The highest BCUT2D eigenvalue weighted by molar-refractivity contribution is 9.10. The maximum atomic E-state index is 8.98. The summed E-state index contributed by atoms with van der Waals surface area (Å²) in [4.78, 5) is 0. The second-order valence-corrected chi connectivity index (χ2v) is 7.15. The molecule has 0 aliphatic carbocycles. The van der Waals surface area contributed by atoms with Crippen molar-refractivity contribution in [1.82, 2.24) is 0 Å². The minimum absolute atomic E-state index is 0.109. The van der Waals surface area contributed by atoms with Gasteiger partial charge in [-0.3, -0.25) is 0 Å². The van der Waals surface area contributed by atoms with E-state index in [0.717, 1.165) is 41.5 Å². The largest absolute Gasteiger partial charge is 0.493 e. The van der Waals surface area contributed by atoms with Crippen molar-refractivity contribution in [3.63, 3.8) is 0 Å². The predicted molar refractivity (Wildman–Crippen MR) is 90.2 cm³/mol. The summed E-state index contributed by atoms with van der Waals surface area (Å²) in [6, 6.07) is 8.48. The number of rotatable bonds is 8. The fourth-order valence-corrected chi connectivity index (χ4v) is 2.51. The third-order valence-electron chi connectivity index (χ3n) is 3.32. The number of nitrogens with zero attached hydrogens (tertiary/aromatic N) is 1. The van der Waals surface area contributed by atoms with Crippen LogP contribution in [0.2, 0.25) is 0 Å². The van der Waals surface area contributed by atoms with Crippen LogP contribution in [-0.4, -0.2) is 12.6 Å². The van der Waals surface area contributed by atoms with Crippen LogP contribution in [0.4, 0.5) is 0 Å². The van der Waals surface area contributed by atoms with Crippen molar-refractivity contribution in [3.05, 3.63) is 28.2 Å². The van der Waals surface area contributed by atoms with Gasteiger partial charge in [0.2, 0.25) is 0 Å². The van der Waals surface area contributed by atoms with Crippen molar-refractivity contribution in [2.45, 2.75) is 52.5 Å². The molecule has 0 saturated carbocycles. The van der Waals surface area contributed by atoms with Gasteiger partial charge in [-0.15, -0.1) is 0 Å². The van der Waals surface area contributed by atoms with Crippen molar-refractivity contribution in [3.8, 4) is 11.8 Å². The van der Waals surface area contributed by atoms with E-state index in [1.54, 1.807) is 0 Å². The lowest BCUT2D eigenvalue weighted by atomic mass is 9.89. The third-order valence-corrected chi connectivity index (χ3v) is 3.81.